The van der Waals surface area contributed by atoms with Crippen LogP contribution in [0.25, 0.3) is 10.8 Å². The lowest BCUT2D eigenvalue weighted by Gasteiger charge is -2.38. The van der Waals surface area contributed by atoms with E-state index in [2.05, 4.69) is 25.2 Å². The molecule has 3 aromatic carbocycles. The molecule has 3 aromatic rings. The first-order chi connectivity index (χ1) is 15.3. The molecule has 2 aliphatic heterocycles. The first-order valence-electron chi connectivity index (χ1n) is 11.2. The fraction of sp³-hybridized carbons (Fsp3) is 0.333. The Balaban J connectivity index is 1.24. The van der Waals surface area contributed by atoms with E-state index < -0.39 is 0 Å². The zero-order chi connectivity index (χ0) is 22.5. The minimum atomic E-state index is -0.342. The summed E-state index contributed by atoms with van der Waals surface area (Å²) in [5.74, 6) is 0.870. The van der Waals surface area contributed by atoms with Crippen LogP contribution in [0.15, 0.2) is 54.6 Å². The van der Waals surface area contributed by atoms with Gasteiger partial charge in [0.25, 0.3) is 5.91 Å². The number of rotatable bonds is 5. The highest BCUT2D eigenvalue weighted by atomic mass is 16.5. The van der Waals surface area contributed by atoms with Crippen LogP contribution in [-0.2, 0) is 4.79 Å². The van der Waals surface area contributed by atoms with Gasteiger partial charge in [-0.25, -0.2) is 0 Å². The average molecular weight is 429 g/mol. The monoisotopic (exact) mass is 428 g/mol. The van der Waals surface area contributed by atoms with E-state index in [1.54, 1.807) is 4.90 Å². The Morgan fingerprint density at radius 2 is 1.94 bits per heavy atom. The van der Waals surface area contributed by atoms with E-state index >= 15 is 0 Å². The summed E-state index contributed by atoms with van der Waals surface area (Å²) in [6.45, 7) is 6.66. The average Bonchev–Trinajstić information content (AvgIpc) is 3.01. The summed E-state index contributed by atoms with van der Waals surface area (Å²) >= 11 is 0. The molecule has 0 spiro atoms. The van der Waals surface area contributed by atoms with Crippen LogP contribution in [0, 0.1) is 6.92 Å². The van der Waals surface area contributed by atoms with E-state index in [1.165, 1.54) is 0 Å². The SMILES string of the molecule is Cc1ccc2c(c1)OC(C)(C)C[C@@H]2NC(=O)CCCN1C(=O)c2cccc3cccc1c23. The third-order valence-corrected chi connectivity index (χ3v) is 6.40. The molecule has 2 aliphatic rings. The van der Waals surface area contributed by atoms with Crippen LogP contribution < -0.4 is 15.0 Å². The topological polar surface area (TPSA) is 58.6 Å². The van der Waals surface area contributed by atoms with Gasteiger partial charge in [-0.1, -0.05) is 36.4 Å². The Hall–Kier alpha value is -3.34. The molecule has 2 amide bonds. The molecule has 0 bridgehead atoms. The van der Waals surface area contributed by atoms with Crippen molar-refractivity contribution in [3.8, 4) is 5.75 Å². The largest absolute Gasteiger partial charge is 0.487 e. The molecule has 0 fully saturated rings. The molecule has 0 saturated heterocycles. The van der Waals surface area contributed by atoms with E-state index in [4.69, 9.17) is 4.74 Å². The van der Waals surface area contributed by atoms with Gasteiger partial charge >= 0.3 is 0 Å². The van der Waals surface area contributed by atoms with Crippen molar-refractivity contribution in [2.75, 3.05) is 11.4 Å². The first kappa shape index (κ1) is 20.6. The lowest BCUT2D eigenvalue weighted by atomic mass is 9.89. The Morgan fingerprint density at radius 1 is 1.16 bits per heavy atom. The van der Waals surface area contributed by atoms with Crippen molar-refractivity contribution in [3.63, 3.8) is 0 Å². The molecule has 5 heteroatoms. The van der Waals surface area contributed by atoms with Gasteiger partial charge in [0, 0.05) is 35.9 Å². The molecule has 1 N–H and O–H groups in total. The van der Waals surface area contributed by atoms with Gasteiger partial charge in [0.2, 0.25) is 5.91 Å². The fourth-order valence-corrected chi connectivity index (χ4v) is 4.95. The van der Waals surface area contributed by atoms with Gasteiger partial charge in [0.1, 0.15) is 11.4 Å². The quantitative estimate of drug-likeness (QED) is 0.599. The van der Waals surface area contributed by atoms with Gasteiger partial charge in [-0.3, -0.25) is 9.59 Å². The van der Waals surface area contributed by atoms with Gasteiger partial charge in [-0.15, -0.1) is 0 Å². The van der Waals surface area contributed by atoms with Crippen LogP contribution >= 0.6 is 0 Å². The second kappa shape index (κ2) is 7.66. The molecule has 2 heterocycles. The number of hydrogen-bond donors (Lipinski definition) is 1. The highest BCUT2D eigenvalue weighted by Gasteiger charge is 2.34. The minimum Gasteiger partial charge on any atom is -0.487 e. The molecule has 32 heavy (non-hydrogen) atoms. The van der Waals surface area contributed by atoms with Gasteiger partial charge < -0.3 is 15.0 Å². The molecular formula is C27H28N2O3. The number of ether oxygens (including phenoxy) is 1. The van der Waals surface area contributed by atoms with Crippen molar-refractivity contribution in [2.24, 2.45) is 0 Å². The second-order valence-corrected chi connectivity index (χ2v) is 9.47. The fourth-order valence-electron chi connectivity index (χ4n) is 4.95. The second-order valence-electron chi connectivity index (χ2n) is 9.47. The number of carbonyl (C=O) groups excluding carboxylic acids is 2. The predicted molar refractivity (Wildman–Crippen MR) is 126 cm³/mol. The standard InChI is InChI=1S/C27H28N2O3/c1-17-12-13-19-21(16-27(2,3)32-23(19)15-17)28-24(30)11-6-14-29-22-10-5-8-18-7-4-9-20(25(18)22)26(29)31/h4-5,7-10,12-13,15,21H,6,11,14,16H2,1-3H3,(H,28,30)/t21-/m0/s1. The van der Waals surface area contributed by atoms with Crippen LogP contribution in [-0.4, -0.2) is 24.0 Å². The zero-order valence-corrected chi connectivity index (χ0v) is 18.8. The number of nitrogens with zero attached hydrogens (tertiary/aromatic N) is 1. The van der Waals surface area contributed by atoms with E-state index in [0.29, 0.717) is 19.4 Å². The van der Waals surface area contributed by atoms with Crippen LogP contribution in [0.3, 0.4) is 0 Å². The van der Waals surface area contributed by atoms with Crippen molar-refractivity contribution in [1.29, 1.82) is 0 Å². The van der Waals surface area contributed by atoms with E-state index in [0.717, 1.165) is 45.3 Å². The molecule has 5 nitrogen and oxygen atoms in total. The van der Waals surface area contributed by atoms with Crippen molar-refractivity contribution in [3.05, 3.63) is 71.3 Å². The maximum atomic E-state index is 12.9. The number of nitrogens with one attached hydrogen (secondary N) is 1. The Morgan fingerprint density at radius 3 is 2.75 bits per heavy atom. The number of carbonyl (C=O) groups is 2. The lowest BCUT2D eigenvalue weighted by molar-refractivity contribution is -0.122. The van der Waals surface area contributed by atoms with Crippen molar-refractivity contribution in [2.45, 2.75) is 51.7 Å². The van der Waals surface area contributed by atoms with Crippen LogP contribution in [0.2, 0.25) is 0 Å². The molecule has 0 aromatic heterocycles. The van der Waals surface area contributed by atoms with Crippen LogP contribution in [0.1, 0.15) is 60.6 Å². The normalized spacial score (nSPS) is 18.4. The molecule has 1 atom stereocenters. The molecule has 164 valence electrons. The number of fused-ring (bicyclic) bond motifs is 1. The summed E-state index contributed by atoms with van der Waals surface area (Å²) in [6, 6.07) is 17.9. The van der Waals surface area contributed by atoms with Gasteiger partial charge in [0.15, 0.2) is 0 Å². The molecular weight excluding hydrogens is 400 g/mol. The first-order valence-corrected chi connectivity index (χ1v) is 11.2. The highest BCUT2D eigenvalue weighted by molar-refractivity contribution is 6.25. The van der Waals surface area contributed by atoms with Crippen molar-refractivity contribution >= 4 is 28.3 Å². The zero-order valence-electron chi connectivity index (χ0n) is 18.8. The van der Waals surface area contributed by atoms with Gasteiger partial charge in [-0.2, -0.15) is 0 Å². The maximum Gasteiger partial charge on any atom is 0.258 e. The van der Waals surface area contributed by atoms with Gasteiger partial charge in [-0.05, 0) is 56.3 Å². The van der Waals surface area contributed by atoms with Gasteiger partial charge in [0.05, 0.1) is 11.7 Å². The predicted octanol–water partition coefficient (Wildman–Crippen LogP) is 5.31. The van der Waals surface area contributed by atoms with E-state index in [9.17, 15) is 9.59 Å². The number of anilines is 1. The number of amides is 2. The molecule has 0 radical (unpaired) electrons. The van der Waals surface area contributed by atoms with Crippen LogP contribution in [0.5, 0.6) is 5.75 Å². The smallest absolute Gasteiger partial charge is 0.258 e. The van der Waals surface area contributed by atoms with Crippen LogP contribution in [0.4, 0.5) is 5.69 Å². The molecule has 0 aliphatic carbocycles. The summed E-state index contributed by atoms with van der Waals surface area (Å²) in [7, 11) is 0. The number of benzene rings is 3. The van der Waals surface area contributed by atoms with Crippen molar-refractivity contribution < 1.29 is 14.3 Å². The summed E-state index contributed by atoms with van der Waals surface area (Å²) in [4.78, 5) is 27.5. The maximum absolute atomic E-state index is 12.9. The Labute approximate surface area is 188 Å². The summed E-state index contributed by atoms with van der Waals surface area (Å²) in [6.07, 6.45) is 1.70. The van der Waals surface area contributed by atoms with E-state index in [1.807, 2.05) is 55.5 Å². The minimum absolute atomic E-state index is 0.00148. The molecule has 0 unspecified atom stereocenters. The number of hydrogen-bond acceptors (Lipinski definition) is 3. The molecule has 0 saturated carbocycles. The Bertz CT molecular complexity index is 1230. The highest BCUT2D eigenvalue weighted by Crippen LogP contribution is 2.40. The third-order valence-electron chi connectivity index (χ3n) is 6.40. The number of aryl methyl sites for hydroxylation is 1. The van der Waals surface area contributed by atoms with E-state index in [-0.39, 0.29) is 23.5 Å². The summed E-state index contributed by atoms with van der Waals surface area (Å²) < 4.78 is 6.14. The summed E-state index contributed by atoms with van der Waals surface area (Å²) in [5.41, 5.74) is 3.52. The lowest BCUT2D eigenvalue weighted by Crippen LogP contribution is -2.41. The summed E-state index contributed by atoms with van der Waals surface area (Å²) in [5, 5.41) is 5.29. The third kappa shape index (κ3) is 3.62. The Kier molecular flexibility index (Phi) is 4.92. The van der Waals surface area contributed by atoms with Crippen molar-refractivity contribution in [1.82, 2.24) is 5.32 Å². The molecule has 5 rings (SSSR count).